The zero-order valence-electron chi connectivity index (χ0n) is 8.36. The third kappa shape index (κ3) is 2.24. The molecule has 0 aromatic carbocycles. The molecule has 1 N–H and O–H groups in total. The van der Waals surface area contributed by atoms with Crippen LogP contribution < -0.4 is 0 Å². The molecule has 1 aliphatic heterocycles. The Morgan fingerprint density at radius 1 is 1.50 bits per heavy atom. The molecule has 5 nitrogen and oxygen atoms in total. The third-order valence-electron chi connectivity index (χ3n) is 2.65. The van der Waals surface area contributed by atoms with Gasteiger partial charge >= 0.3 is 5.97 Å². The summed E-state index contributed by atoms with van der Waals surface area (Å²) in [5.74, 6) is -0.925. The predicted octanol–water partition coefficient (Wildman–Crippen LogP) is 0.133. The standard InChI is InChI=1S/C8H15NO4S/c1-8(7(10)11)4-3-5-9(6-8)14(2,12)13/h3-6H2,1-2H3,(H,10,11). The summed E-state index contributed by atoms with van der Waals surface area (Å²) in [5, 5.41) is 8.96. The predicted molar refractivity (Wildman–Crippen MR) is 51.4 cm³/mol. The molecule has 82 valence electrons. The maximum atomic E-state index is 11.2. The first-order chi connectivity index (χ1) is 6.26. The van der Waals surface area contributed by atoms with E-state index < -0.39 is 21.4 Å². The normalized spacial score (nSPS) is 30.1. The van der Waals surface area contributed by atoms with Crippen molar-refractivity contribution < 1.29 is 18.3 Å². The second-order valence-electron chi connectivity index (χ2n) is 4.07. The minimum atomic E-state index is -3.26. The van der Waals surface area contributed by atoms with Crippen molar-refractivity contribution in [2.75, 3.05) is 19.3 Å². The van der Waals surface area contributed by atoms with E-state index in [9.17, 15) is 13.2 Å². The lowest BCUT2D eigenvalue weighted by atomic mass is 9.83. The van der Waals surface area contributed by atoms with Crippen LogP contribution in [0.25, 0.3) is 0 Å². The van der Waals surface area contributed by atoms with Gasteiger partial charge in [-0.25, -0.2) is 12.7 Å². The molecule has 0 radical (unpaired) electrons. The fourth-order valence-corrected chi connectivity index (χ4v) is 2.63. The van der Waals surface area contributed by atoms with Gasteiger partial charge < -0.3 is 5.11 Å². The molecule has 1 fully saturated rings. The van der Waals surface area contributed by atoms with E-state index in [1.807, 2.05) is 0 Å². The molecule has 14 heavy (non-hydrogen) atoms. The van der Waals surface area contributed by atoms with E-state index in [1.165, 1.54) is 4.31 Å². The number of hydrogen-bond donors (Lipinski definition) is 1. The lowest BCUT2D eigenvalue weighted by molar-refractivity contribution is -0.150. The summed E-state index contributed by atoms with van der Waals surface area (Å²) in [6, 6.07) is 0. The molecule has 0 spiro atoms. The Hall–Kier alpha value is -0.620. The van der Waals surface area contributed by atoms with E-state index in [-0.39, 0.29) is 6.54 Å². The summed E-state index contributed by atoms with van der Waals surface area (Å²) in [7, 11) is -3.26. The lowest BCUT2D eigenvalue weighted by Crippen LogP contribution is -2.47. The Labute approximate surface area is 83.8 Å². The molecule has 0 aromatic heterocycles. The monoisotopic (exact) mass is 221 g/mol. The van der Waals surface area contributed by atoms with E-state index in [4.69, 9.17) is 5.11 Å². The van der Waals surface area contributed by atoms with Crippen LogP contribution >= 0.6 is 0 Å². The van der Waals surface area contributed by atoms with Crippen LogP contribution in [0.1, 0.15) is 19.8 Å². The number of rotatable bonds is 2. The molecule has 0 aliphatic carbocycles. The highest BCUT2D eigenvalue weighted by atomic mass is 32.2. The number of aliphatic carboxylic acids is 1. The summed E-state index contributed by atoms with van der Waals surface area (Å²) in [5.41, 5.74) is -0.929. The van der Waals surface area contributed by atoms with Crippen molar-refractivity contribution in [1.82, 2.24) is 4.31 Å². The number of nitrogens with zero attached hydrogens (tertiary/aromatic N) is 1. The summed E-state index contributed by atoms with van der Waals surface area (Å²) >= 11 is 0. The van der Waals surface area contributed by atoms with Crippen molar-refractivity contribution in [3.8, 4) is 0 Å². The number of carbonyl (C=O) groups is 1. The van der Waals surface area contributed by atoms with Crippen LogP contribution in [0, 0.1) is 5.41 Å². The molecule has 0 bridgehead atoms. The van der Waals surface area contributed by atoms with Crippen LogP contribution in [0.3, 0.4) is 0 Å². The van der Waals surface area contributed by atoms with Gasteiger partial charge in [-0.05, 0) is 19.8 Å². The number of carboxylic acids is 1. The van der Waals surface area contributed by atoms with Crippen LogP contribution in [0.15, 0.2) is 0 Å². The quantitative estimate of drug-likeness (QED) is 0.719. The SMILES string of the molecule is CC1(C(=O)O)CCCN(S(C)(=O)=O)C1. The van der Waals surface area contributed by atoms with Gasteiger partial charge in [0.25, 0.3) is 0 Å². The second-order valence-corrected chi connectivity index (χ2v) is 6.05. The number of piperidine rings is 1. The summed E-state index contributed by atoms with van der Waals surface area (Å²) < 4.78 is 23.7. The van der Waals surface area contributed by atoms with Crippen LogP contribution in [0.2, 0.25) is 0 Å². The lowest BCUT2D eigenvalue weighted by Gasteiger charge is -2.35. The minimum Gasteiger partial charge on any atom is -0.481 e. The second kappa shape index (κ2) is 3.51. The van der Waals surface area contributed by atoms with E-state index >= 15 is 0 Å². The van der Waals surface area contributed by atoms with Crippen LogP contribution in [-0.2, 0) is 14.8 Å². The summed E-state index contributed by atoms with van der Waals surface area (Å²) in [6.07, 6.45) is 2.25. The first-order valence-corrected chi connectivity index (χ1v) is 6.29. The smallest absolute Gasteiger partial charge is 0.310 e. The Morgan fingerprint density at radius 2 is 2.07 bits per heavy atom. The van der Waals surface area contributed by atoms with Crippen molar-refractivity contribution in [3.63, 3.8) is 0 Å². The molecule has 1 heterocycles. The van der Waals surface area contributed by atoms with Gasteiger partial charge in [0.2, 0.25) is 10.0 Å². The third-order valence-corrected chi connectivity index (χ3v) is 3.90. The molecule has 1 rings (SSSR count). The van der Waals surface area contributed by atoms with E-state index in [0.29, 0.717) is 19.4 Å². The Morgan fingerprint density at radius 3 is 2.50 bits per heavy atom. The van der Waals surface area contributed by atoms with Gasteiger partial charge in [0.05, 0.1) is 11.7 Å². The van der Waals surface area contributed by atoms with Crippen molar-refractivity contribution in [2.24, 2.45) is 5.41 Å². The van der Waals surface area contributed by atoms with Gasteiger partial charge in [-0.1, -0.05) is 0 Å². The molecular formula is C8H15NO4S. The molecule has 0 amide bonds. The topological polar surface area (TPSA) is 74.7 Å². The molecule has 1 unspecified atom stereocenters. The summed E-state index contributed by atoms with van der Waals surface area (Å²) in [4.78, 5) is 10.9. The van der Waals surface area contributed by atoms with Crippen LogP contribution in [-0.4, -0.2) is 43.1 Å². The molecule has 6 heteroatoms. The van der Waals surface area contributed by atoms with Crippen molar-refractivity contribution in [1.29, 1.82) is 0 Å². The van der Waals surface area contributed by atoms with Crippen LogP contribution in [0.5, 0.6) is 0 Å². The molecule has 1 saturated heterocycles. The minimum absolute atomic E-state index is 0.0845. The average molecular weight is 221 g/mol. The highest BCUT2D eigenvalue weighted by molar-refractivity contribution is 7.88. The molecular weight excluding hydrogens is 206 g/mol. The zero-order valence-corrected chi connectivity index (χ0v) is 9.17. The first kappa shape index (κ1) is 11.5. The van der Waals surface area contributed by atoms with Crippen LogP contribution in [0.4, 0.5) is 0 Å². The molecule has 1 atom stereocenters. The van der Waals surface area contributed by atoms with Gasteiger partial charge in [0.1, 0.15) is 0 Å². The van der Waals surface area contributed by atoms with Gasteiger partial charge in [0, 0.05) is 13.1 Å². The number of hydrogen-bond acceptors (Lipinski definition) is 3. The number of sulfonamides is 1. The number of carboxylic acid groups (broad SMARTS) is 1. The largest absolute Gasteiger partial charge is 0.481 e. The fourth-order valence-electron chi connectivity index (χ4n) is 1.65. The van der Waals surface area contributed by atoms with Crippen molar-refractivity contribution in [2.45, 2.75) is 19.8 Å². The van der Waals surface area contributed by atoms with E-state index in [1.54, 1.807) is 6.92 Å². The molecule has 1 aliphatic rings. The highest BCUT2D eigenvalue weighted by Gasteiger charge is 2.40. The average Bonchev–Trinajstić information content (AvgIpc) is 2.02. The van der Waals surface area contributed by atoms with Gasteiger partial charge in [-0.3, -0.25) is 4.79 Å². The molecule has 0 aromatic rings. The van der Waals surface area contributed by atoms with Gasteiger partial charge in [0.15, 0.2) is 0 Å². The van der Waals surface area contributed by atoms with E-state index in [0.717, 1.165) is 6.26 Å². The Kier molecular flexibility index (Phi) is 2.87. The maximum absolute atomic E-state index is 11.2. The zero-order chi connectivity index (χ0) is 11.0. The maximum Gasteiger partial charge on any atom is 0.310 e. The Balaban J connectivity index is 2.85. The summed E-state index contributed by atoms with van der Waals surface area (Å²) in [6.45, 7) is 2.11. The van der Waals surface area contributed by atoms with Gasteiger partial charge in [-0.2, -0.15) is 0 Å². The van der Waals surface area contributed by atoms with E-state index in [2.05, 4.69) is 0 Å². The fraction of sp³-hybridized carbons (Fsp3) is 0.875. The Bertz CT molecular complexity index is 337. The van der Waals surface area contributed by atoms with Crippen molar-refractivity contribution >= 4 is 16.0 Å². The first-order valence-electron chi connectivity index (χ1n) is 4.44. The van der Waals surface area contributed by atoms with Gasteiger partial charge in [-0.15, -0.1) is 0 Å². The highest BCUT2D eigenvalue weighted by Crippen LogP contribution is 2.30. The van der Waals surface area contributed by atoms with Crippen molar-refractivity contribution in [3.05, 3.63) is 0 Å². The molecule has 0 saturated carbocycles.